The van der Waals surface area contributed by atoms with Crippen molar-refractivity contribution in [1.29, 1.82) is 0 Å². The molecule has 0 saturated carbocycles. The Morgan fingerprint density at radius 1 is 0.897 bits per heavy atom. The highest BCUT2D eigenvalue weighted by Crippen LogP contribution is 2.44. The van der Waals surface area contributed by atoms with E-state index in [1.807, 2.05) is 0 Å². The lowest BCUT2D eigenvalue weighted by Crippen LogP contribution is -2.44. The van der Waals surface area contributed by atoms with Gasteiger partial charge in [0.25, 0.3) is 0 Å². The Labute approximate surface area is 233 Å². The maximum atomic E-state index is 6.78. The number of benzene rings is 3. The van der Waals surface area contributed by atoms with Crippen molar-refractivity contribution in [3.63, 3.8) is 0 Å². The molecule has 0 N–H and O–H groups in total. The van der Waals surface area contributed by atoms with Crippen LogP contribution in [0, 0.1) is 6.92 Å². The van der Waals surface area contributed by atoms with Crippen LogP contribution in [0.3, 0.4) is 0 Å². The summed E-state index contributed by atoms with van der Waals surface area (Å²) in [5, 5.41) is 2.67. The van der Waals surface area contributed by atoms with Gasteiger partial charge in [0, 0.05) is 66.7 Å². The third-order valence-electron chi connectivity index (χ3n) is 8.51. The highest BCUT2D eigenvalue weighted by molar-refractivity contribution is 6.12. The average Bonchev–Trinajstić information content (AvgIpc) is 3.17. The molecule has 1 saturated heterocycles. The molecule has 4 heteroatoms. The quantitative estimate of drug-likeness (QED) is 0.279. The van der Waals surface area contributed by atoms with Gasteiger partial charge in [0.1, 0.15) is 11.4 Å². The summed E-state index contributed by atoms with van der Waals surface area (Å²) in [5.74, 6) is 1.05. The van der Waals surface area contributed by atoms with Gasteiger partial charge in [-0.1, -0.05) is 56.7 Å². The van der Waals surface area contributed by atoms with Crippen molar-refractivity contribution in [1.82, 2.24) is 14.4 Å². The van der Waals surface area contributed by atoms with E-state index < -0.39 is 0 Å². The maximum absolute atomic E-state index is 6.78. The van der Waals surface area contributed by atoms with Crippen molar-refractivity contribution in [2.45, 2.75) is 65.6 Å². The topological polar surface area (TPSA) is 20.6 Å². The average molecular weight is 522 g/mol. The van der Waals surface area contributed by atoms with E-state index in [4.69, 9.17) is 4.74 Å². The summed E-state index contributed by atoms with van der Waals surface area (Å²) >= 11 is 0. The minimum Gasteiger partial charge on any atom is -0.483 e. The van der Waals surface area contributed by atoms with Crippen molar-refractivity contribution in [3.8, 4) is 5.75 Å². The van der Waals surface area contributed by atoms with Crippen molar-refractivity contribution in [3.05, 3.63) is 82.4 Å². The van der Waals surface area contributed by atoms with E-state index in [1.54, 1.807) is 0 Å². The zero-order valence-electron chi connectivity index (χ0n) is 24.8. The standard InChI is InChI=1S/C35H43N3O/c1-24-9-8-10-25(19-24)22-38-31-12-11-27(34(2,3)4)21-29(31)30-20-26(23-37-17-15-36(7)16-18-37)33-28(32(30)38)13-14-35(5,6)39-33/h8-14,19-21H,15-18,22-23H2,1-7H3. The Bertz CT molecular complexity index is 1580. The number of ether oxygens (including phenoxy) is 1. The first kappa shape index (κ1) is 26.2. The molecule has 3 aromatic carbocycles. The highest BCUT2D eigenvalue weighted by atomic mass is 16.5. The normalized spacial score (nSPS) is 18.0. The van der Waals surface area contributed by atoms with Gasteiger partial charge >= 0.3 is 0 Å². The van der Waals surface area contributed by atoms with Crippen LogP contribution in [0.1, 0.15) is 62.4 Å². The monoisotopic (exact) mass is 521 g/mol. The number of likely N-dealkylation sites (N-methyl/N-ethyl adjacent to an activating group) is 1. The van der Waals surface area contributed by atoms with Gasteiger partial charge in [0.15, 0.2) is 0 Å². The zero-order valence-corrected chi connectivity index (χ0v) is 24.8. The molecule has 6 rings (SSSR count). The number of aryl methyl sites for hydroxylation is 1. The highest BCUT2D eigenvalue weighted by Gasteiger charge is 2.29. The Morgan fingerprint density at radius 2 is 1.67 bits per heavy atom. The molecule has 4 nitrogen and oxygen atoms in total. The van der Waals surface area contributed by atoms with Crippen LogP contribution in [0.2, 0.25) is 0 Å². The van der Waals surface area contributed by atoms with E-state index in [2.05, 4.69) is 124 Å². The second-order valence-electron chi connectivity index (χ2n) is 13.4. The van der Waals surface area contributed by atoms with E-state index in [1.165, 1.54) is 49.6 Å². The number of hydrogen-bond acceptors (Lipinski definition) is 3. The number of aromatic nitrogens is 1. The minimum atomic E-state index is -0.329. The van der Waals surface area contributed by atoms with E-state index in [0.717, 1.165) is 45.0 Å². The predicted molar refractivity (Wildman–Crippen MR) is 165 cm³/mol. The van der Waals surface area contributed by atoms with Crippen LogP contribution < -0.4 is 4.74 Å². The molecule has 39 heavy (non-hydrogen) atoms. The molecule has 3 heterocycles. The molecule has 0 unspecified atom stereocenters. The second kappa shape index (κ2) is 9.53. The summed E-state index contributed by atoms with van der Waals surface area (Å²) in [5.41, 5.74) is 8.84. The molecule has 1 fully saturated rings. The summed E-state index contributed by atoms with van der Waals surface area (Å²) in [6, 6.07) is 18.5. The van der Waals surface area contributed by atoms with Gasteiger partial charge in [-0.25, -0.2) is 0 Å². The Hall–Kier alpha value is -3.08. The van der Waals surface area contributed by atoms with E-state index in [0.29, 0.717) is 0 Å². The zero-order chi connectivity index (χ0) is 27.5. The largest absolute Gasteiger partial charge is 0.483 e. The molecular formula is C35H43N3O. The summed E-state index contributed by atoms with van der Waals surface area (Å²) in [6.45, 7) is 19.6. The van der Waals surface area contributed by atoms with Gasteiger partial charge in [-0.15, -0.1) is 0 Å². The number of rotatable bonds is 4. The van der Waals surface area contributed by atoms with Gasteiger partial charge in [-0.05, 0) is 74.7 Å². The summed E-state index contributed by atoms with van der Waals surface area (Å²) < 4.78 is 9.31. The predicted octanol–water partition coefficient (Wildman–Crippen LogP) is 7.38. The fraction of sp³-hybridized carbons (Fsp3) is 0.429. The smallest absolute Gasteiger partial charge is 0.134 e. The van der Waals surface area contributed by atoms with Crippen molar-refractivity contribution >= 4 is 27.9 Å². The molecule has 0 aliphatic carbocycles. The van der Waals surface area contributed by atoms with Crippen LogP contribution in [0.5, 0.6) is 5.75 Å². The Kier molecular flexibility index (Phi) is 6.39. The third kappa shape index (κ3) is 5.01. The number of piperazine rings is 1. The lowest BCUT2D eigenvalue weighted by atomic mass is 9.86. The van der Waals surface area contributed by atoms with Crippen molar-refractivity contribution in [2.24, 2.45) is 0 Å². The fourth-order valence-corrected chi connectivity index (χ4v) is 6.18. The molecule has 2 aliphatic rings. The molecule has 0 atom stereocenters. The summed E-state index contributed by atoms with van der Waals surface area (Å²) in [4.78, 5) is 5.01. The van der Waals surface area contributed by atoms with Gasteiger partial charge in [-0.2, -0.15) is 0 Å². The number of nitrogens with zero attached hydrogens (tertiary/aromatic N) is 3. The van der Waals surface area contributed by atoms with Crippen LogP contribution >= 0.6 is 0 Å². The van der Waals surface area contributed by atoms with Crippen LogP contribution in [0.25, 0.3) is 27.9 Å². The Morgan fingerprint density at radius 3 is 2.38 bits per heavy atom. The van der Waals surface area contributed by atoms with Crippen LogP contribution in [-0.2, 0) is 18.5 Å². The van der Waals surface area contributed by atoms with Crippen LogP contribution in [0.15, 0.2) is 54.6 Å². The first-order valence-electron chi connectivity index (χ1n) is 14.5. The molecular weight excluding hydrogens is 478 g/mol. The first-order chi connectivity index (χ1) is 18.5. The molecule has 0 amide bonds. The fourth-order valence-electron chi connectivity index (χ4n) is 6.18. The lowest BCUT2D eigenvalue weighted by molar-refractivity contribution is 0.136. The summed E-state index contributed by atoms with van der Waals surface area (Å²) in [6.07, 6.45) is 4.55. The van der Waals surface area contributed by atoms with Crippen molar-refractivity contribution in [2.75, 3.05) is 33.2 Å². The molecule has 1 aromatic heterocycles. The molecule has 0 radical (unpaired) electrons. The molecule has 2 aliphatic heterocycles. The van der Waals surface area contributed by atoms with Crippen molar-refractivity contribution < 1.29 is 4.74 Å². The van der Waals surface area contributed by atoms with Gasteiger partial charge in [-0.3, -0.25) is 4.90 Å². The molecule has 4 aromatic rings. The van der Waals surface area contributed by atoms with Gasteiger partial charge in [0.2, 0.25) is 0 Å². The summed E-state index contributed by atoms with van der Waals surface area (Å²) in [7, 11) is 2.22. The molecule has 0 bridgehead atoms. The van der Waals surface area contributed by atoms with E-state index in [9.17, 15) is 0 Å². The SMILES string of the molecule is Cc1cccc(Cn2c3ccc(C(C)(C)C)cc3c3cc(CN4CCN(C)CC4)c4c(c32)C=CC(C)(C)O4)c1. The lowest BCUT2D eigenvalue weighted by Gasteiger charge is -2.34. The second-order valence-corrected chi connectivity index (χ2v) is 13.4. The van der Waals surface area contributed by atoms with Gasteiger partial charge in [0.05, 0.1) is 5.52 Å². The van der Waals surface area contributed by atoms with Crippen LogP contribution in [0.4, 0.5) is 0 Å². The van der Waals surface area contributed by atoms with Gasteiger partial charge < -0.3 is 14.2 Å². The maximum Gasteiger partial charge on any atom is 0.134 e. The van der Waals surface area contributed by atoms with Crippen LogP contribution in [-0.4, -0.2) is 53.2 Å². The Balaban J connectivity index is 1.61. The minimum absolute atomic E-state index is 0.0864. The molecule has 0 spiro atoms. The third-order valence-corrected chi connectivity index (χ3v) is 8.51. The van der Waals surface area contributed by atoms with E-state index >= 15 is 0 Å². The first-order valence-corrected chi connectivity index (χ1v) is 14.5. The number of fused-ring (bicyclic) bond motifs is 5. The number of hydrogen-bond donors (Lipinski definition) is 0. The molecule has 204 valence electrons. The van der Waals surface area contributed by atoms with E-state index in [-0.39, 0.29) is 11.0 Å².